The highest BCUT2D eigenvalue weighted by Gasteiger charge is 2.58. The first-order chi connectivity index (χ1) is 22.2. The molecule has 6 heterocycles. The first kappa shape index (κ1) is 32.6. The van der Waals surface area contributed by atoms with Gasteiger partial charge in [0.1, 0.15) is 54.0 Å². The van der Waals surface area contributed by atoms with Gasteiger partial charge in [0.05, 0.1) is 30.5 Å². The van der Waals surface area contributed by atoms with E-state index in [1.165, 1.54) is 31.3 Å². The number of ether oxygens (including phenoxy) is 2. The van der Waals surface area contributed by atoms with Gasteiger partial charge in [0.2, 0.25) is 5.95 Å². The molecule has 2 aliphatic heterocycles. The molecule has 1 saturated carbocycles. The number of anilines is 2. The number of hydrogen-bond acceptors (Lipinski definition) is 18. The number of aliphatic hydroxyl groups excluding tert-OH is 1. The molecule has 3 aliphatic rings. The molecular formula is C23H29N9O12P2S. The predicted molar refractivity (Wildman–Crippen MR) is 160 cm³/mol. The van der Waals surface area contributed by atoms with Gasteiger partial charge in [-0.05, 0) is 18.0 Å². The number of hydrogen-bond donors (Lipinski definition) is 6. The number of aliphatic hydroxyl groups is 1. The van der Waals surface area contributed by atoms with Crippen molar-refractivity contribution in [2.75, 3.05) is 31.8 Å². The lowest BCUT2D eigenvalue weighted by molar-refractivity contribution is -0.0593. The summed E-state index contributed by atoms with van der Waals surface area (Å²) in [6.07, 6.45) is -5.38. The summed E-state index contributed by atoms with van der Waals surface area (Å²) in [5.41, 5.74) is 10.2. The Hall–Kier alpha value is -2.98. The number of aromatic amines is 1. The Kier molecular flexibility index (Phi) is 8.02. The van der Waals surface area contributed by atoms with Crippen LogP contribution in [0.4, 0.5) is 11.8 Å². The number of nitrogens with two attached hydrogens (primary N) is 2. The summed E-state index contributed by atoms with van der Waals surface area (Å²) in [4.78, 5) is 53.3. The van der Waals surface area contributed by atoms with E-state index in [-0.39, 0.29) is 45.3 Å². The molecule has 2 bridgehead atoms. The number of phosphoric ester groups is 2. The number of aromatic nitrogens is 7. The van der Waals surface area contributed by atoms with E-state index in [0.29, 0.717) is 0 Å². The Balaban J connectivity index is 1.24. The van der Waals surface area contributed by atoms with Gasteiger partial charge in [-0.1, -0.05) is 6.92 Å². The minimum Gasteiger partial charge on any atom is -0.388 e. The van der Waals surface area contributed by atoms with E-state index >= 15 is 0 Å². The molecule has 10 atom stereocenters. The number of methoxy groups -OCH3 is 1. The highest BCUT2D eigenvalue weighted by atomic mass is 32.1. The van der Waals surface area contributed by atoms with Crippen molar-refractivity contribution in [2.24, 2.45) is 5.41 Å². The number of rotatable bonds is 3. The summed E-state index contributed by atoms with van der Waals surface area (Å²) < 4.78 is 66.3. The van der Waals surface area contributed by atoms with Crippen LogP contribution in [0.5, 0.6) is 0 Å². The fraction of sp³-hybridized carbons (Fsp3) is 0.565. The number of nitrogens with one attached hydrogen (secondary N) is 1. The maximum atomic E-state index is 13.6. The second-order valence-electron chi connectivity index (χ2n) is 11.6. The smallest absolute Gasteiger partial charge is 0.388 e. The molecule has 0 radical (unpaired) electrons. The van der Waals surface area contributed by atoms with Crippen LogP contribution in [0.2, 0.25) is 0 Å². The van der Waals surface area contributed by atoms with Crippen molar-refractivity contribution in [1.29, 1.82) is 0 Å². The second-order valence-corrected chi connectivity index (χ2v) is 15.2. The maximum absolute atomic E-state index is 13.6. The van der Waals surface area contributed by atoms with Crippen LogP contribution in [0.15, 0.2) is 17.4 Å². The van der Waals surface area contributed by atoms with E-state index in [4.69, 9.17) is 39.0 Å². The van der Waals surface area contributed by atoms with Crippen molar-refractivity contribution < 1.29 is 51.6 Å². The van der Waals surface area contributed by atoms with Gasteiger partial charge < -0.3 is 40.4 Å². The zero-order valence-electron chi connectivity index (χ0n) is 24.5. The molecule has 1 aliphatic carbocycles. The quantitative estimate of drug-likeness (QED) is 0.154. The molecule has 4 aromatic rings. The number of nitrogen functional groups attached to an aromatic ring is 2. The van der Waals surface area contributed by atoms with Gasteiger partial charge in [0.25, 0.3) is 5.56 Å². The normalized spacial score (nSPS) is 38.2. The molecule has 7 rings (SSSR count). The summed E-state index contributed by atoms with van der Waals surface area (Å²) in [7, 11) is -8.70. The summed E-state index contributed by atoms with van der Waals surface area (Å²) >= 11 is 0.810. The van der Waals surface area contributed by atoms with Gasteiger partial charge in [0, 0.05) is 12.5 Å². The molecule has 24 heteroatoms. The molecule has 0 spiro atoms. The van der Waals surface area contributed by atoms with Crippen molar-refractivity contribution in [2.45, 2.75) is 56.0 Å². The summed E-state index contributed by atoms with van der Waals surface area (Å²) in [6, 6.07) is -0.871. The predicted octanol–water partition coefficient (Wildman–Crippen LogP) is 0.169. The summed E-state index contributed by atoms with van der Waals surface area (Å²) in [5, 5.41) is 11.5. The van der Waals surface area contributed by atoms with Gasteiger partial charge in [-0.2, -0.15) is 4.37 Å². The fourth-order valence-electron chi connectivity index (χ4n) is 6.33. The van der Waals surface area contributed by atoms with Crippen molar-refractivity contribution in [1.82, 2.24) is 33.9 Å². The van der Waals surface area contributed by atoms with Crippen molar-refractivity contribution >= 4 is 61.1 Å². The van der Waals surface area contributed by atoms with Crippen molar-refractivity contribution in [3.8, 4) is 0 Å². The van der Waals surface area contributed by atoms with E-state index in [9.17, 15) is 28.8 Å². The topological polar surface area (TPSA) is 304 Å². The van der Waals surface area contributed by atoms with Crippen molar-refractivity contribution in [3.05, 3.63) is 27.9 Å². The number of phosphoric acid groups is 2. The van der Waals surface area contributed by atoms with E-state index in [1.807, 2.05) is 0 Å². The Morgan fingerprint density at radius 3 is 2.66 bits per heavy atom. The lowest BCUT2D eigenvalue weighted by atomic mass is 9.87. The van der Waals surface area contributed by atoms with Crippen molar-refractivity contribution in [3.63, 3.8) is 0 Å². The number of nitrogens with zero attached hydrogens (tertiary/aromatic N) is 6. The standard InChI is InChI=1S/C23H29N9O12P2S/c1-23-3-8(32-7-28-12-19(24)26-6-27-20(12)32)13(33)18(23)44-45(35,36)40-4-9-14(39-2)15(43-46(37,38)41-5-23)16(42-9)17-10-11(31-47-17)21(34)30-22(25)29-10/h6-9,13-16,18,33H,3-5H2,1-2H3,(H,35,36)(H,37,38)(H2,24,26,27)(H3,25,29,30,34)/t8-,9-,13+,14-,15-,16-,18+,23-/m1/s1. The average molecular weight is 718 g/mol. The third-order valence-electron chi connectivity index (χ3n) is 8.49. The van der Waals surface area contributed by atoms with E-state index in [2.05, 4.69) is 29.3 Å². The Labute approximate surface area is 267 Å². The lowest BCUT2D eigenvalue weighted by Gasteiger charge is -2.33. The number of imidazole rings is 1. The molecule has 0 aromatic carbocycles. The van der Waals surface area contributed by atoms with Gasteiger partial charge in [0.15, 0.2) is 17.0 Å². The molecule has 4 aromatic heterocycles. The fourth-order valence-corrected chi connectivity index (χ4v) is 9.33. The molecule has 2 saturated heterocycles. The lowest BCUT2D eigenvalue weighted by Crippen LogP contribution is -2.39. The van der Waals surface area contributed by atoms with Gasteiger partial charge in [-0.15, -0.1) is 0 Å². The number of fused-ring (bicyclic) bond motifs is 5. The Morgan fingerprint density at radius 2 is 1.89 bits per heavy atom. The molecule has 0 amide bonds. The van der Waals surface area contributed by atoms with Crippen LogP contribution >= 0.6 is 27.2 Å². The van der Waals surface area contributed by atoms with E-state index in [0.717, 1.165) is 11.5 Å². The first-order valence-electron chi connectivity index (χ1n) is 14.0. The molecule has 21 nitrogen and oxygen atoms in total. The summed E-state index contributed by atoms with van der Waals surface area (Å²) in [6.45, 7) is 0.312. The number of H-pyrrole nitrogens is 1. The van der Waals surface area contributed by atoms with Gasteiger partial charge >= 0.3 is 15.6 Å². The van der Waals surface area contributed by atoms with Crippen LogP contribution in [-0.4, -0.2) is 99.6 Å². The zero-order valence-corrected chi connectivity index (χ0v) is 27.1. The Morgan fingerprint density at radius 1 is 1.13 bits per heavy atom. The van der Waals surface area contributed by atoms with Crippen LogP contribution in [0, 0.1) is 5.41 Å². The minimum absolute atomic E-state index is 0.0127. The molecule has 47 heavy (non-hydrogen) atoms. The highest BCUT2D eigenvalue weighted by Crippen LogP contribution is 2.59. The highest BCUT2D eigenvalue weighted by molar-refractivity contribution is 7.47. The van der Waals surface area contributed by atoms with E-state index < -0.39 is 82.5 Å². The van der Waals surface area contributed by atoms with Crippen LogP contribution < -0.4 is 17.0 Å². The molecule has 3 fully saturated rings. The largest absolute Gasteiger partial charge is 0.472 e. The molecular weight excluding hydrogens is 688 g/mol. The van der Waals surface area contributed by atoms with Gasteiger partial charge in [-0.25, -0.2) is 29.1 Å². The van der Waals surface area contributed by atoms with Crippen LogP contribution in [0.25, 0.3) is 22.2 Å². The third kappa shape index (κ3) is 5.67. The van der Waals surface area contributed by atoms with E-state index in [1.54, 1.807) is 0 Å². The van der Waals surface area contributed by atoms with Crippen LogP contribution in [0.3, 0.4) is 0 Å². The minimum atomic E-state index is -4.99. The van der Waals surface area contributed by atoms with Gasteiger partial charge in [-0.3, -0.25) is 27.9 Å². The first-order valence-corrected chi connectivity index (χ1v) is 17.7. The molecule has 254 valence electrons. The SMILES string of the molecule is CO[C@H]1[C@H]2OP(=O)(O)OC[C@@]3(C)C[C@@H](n4cnc5c(N)ncnc54)[C@H](O)[C@@H]3OP(=O)(O)OC[C@H]1O[C@H]2c1snc2c(=O)[nH]c(N)nc12. The second kappa shape index (κ2) is 11.6. The Bertz CT molecular complexity index is 2010. The maximum Gasteiger partial charge on any atom is 0.472 e. The third-order valence-corrected chi connectivity index (χ3v) is 11.3. The monoisotopic (exact) mass is 717 g/mol. The molecule has 8 N–H and O–H groups in total. The zero-order chi connectivity index (χ0) is 33.5. The van der Waals surface area contributed by atoms with Crippen LogP contribution in [0.1, 0.15) is 30.4 Å². The summed E-state index contributed by atoms with van der Waals surface area (Å²) in [5.74, 6) is -0.109. The molecule has 2 unspecified atom stereocenters. The van der Waals surface area contributed by atoms with Crippen LogP contribution in [-0.2, 0) is 36.7 Å². The average Bonchev–Trinajstić information content (AvgIpc) is 3.75.